The van der Waals surface area contributed by atoms with E-state index in [-0.39, 0.29) is 23.5 Å². The van der Waals surface area contributed by atoms with Gasteiger partial charge in [0.2, 0.25) is 0 Å². The van der Waals surface area contributed by atoms with E-state index >= 15 is 0 Å². The molecule has 0 bridgehead atoms. The van der Waals surface area contributed by atoms with Gasteiger partial charge in [0.05, 0.1) is 11.5 Å². The predicted octanol–water partition coefficient (Wildman–Crippen LogP) is 8.09. The van der Waals surface area contributed by atoms with Crippen molar-refractivity contribution >= 4 is 45.4 Å². The van der Waals surface area contributed by atoms with Crippen LogP contribution in [0, 0.1) is 5.82 Å². The van der Waals surface area contributed by atoms with Crippen molar-refractivity contribution in [2.24, 2.45) is 4.99 Å². The third-order valence-corrected chi connectivity index (χ3v) is 7.79. The first-order valence-corrected chi connectivity index (χ1v) is 13.7. The first kappa shape index (κ1) is 24.6. The van der Waals surface area contributed by atoms with Crippen molar-refractivity contribution in [3.8, 4) is 5.75 Å². The third kappa shape index (κ3) is 5.19. The van der Waals surface area contributed by atoms with E-state index in [1.54, 1.807) is 18.2 Å². The quantitative estimate of drug-likeness (QED) is 0.242. The normalized spacial score (nSPS) is 19.1. The molecule has 5 rings (SSSR count). The SMILES string of the molecule is CCCCOc1ccc(/C=C2\SC(=Nc3ccccc3F)N(C3CCCCC3)C2=O)c2ccccc12. The number of amidine groups is 1. The number of rotatable bonds is 7. The van der Waals surface area contributed by atoms with E-state index < -0.39 is 0 Å². The fraction of sp³-hybridized carbons (Fsp3) is 0.333. The molecule has 2 fully saturated rings. The van der Waals surface area contributed by atoms with Crippen molar-refractivity contribution < 1.29 is 13.9 Å². The molecule has 0 atom stereocenters. The van der Waals surface area contributed by atoms with E-state index in [0.29, 0.717) is 16.7 Å². The summed E-state index contributed by atoms with van der Waals surface area (Å²) in [5, 5.41) is 2.63. The van der Waals surface area contributed by atoms with Gasteiger partial charge in [-0.2, -0.15) is 0 Å². The van der Waals surface area contributed by atoms with Crippen LogP contribution in [0.15, 0.2) is 70.6 Å². The van der Waals surface area contributed by atoms with Gasteiger partial charge in [-0.1, -0.05) is 75.1 Å². The van der Waals surface area contributed by atoms with Crippen LogP contribution in [-0.2, 0) is 4.79 Å². The molecule has 0 unspecified atom stereocenters. The molecule has 3 aromatic carbocycles. The Morgan fingerprint density at radius 3 is 2.56 bits per heavy atom. The Morgan fingerprint density at radius 1 is 1.03 bits per heavy atom. The lowest BCUT2D eigenvalue weighted by molar-refractivity contribution is -0.124. The zero-order valence-corrected chi connectivity index (χ0v) is 21.4. The highest BCUT2D eigenvalue weighted by atomic mass is 32.2. The molecule has 6 heteroatoms. The fourth-order valence-electron chi connectivity index (χ4n) is 4.89. The smallest absolute Gasteiger partial charge is 0.267 e. The highest BCUT2D eigenvalue weighted by Gasteiger charge is 2.38. The molecule has 4 nitrogen and oxygen atoms in total. The summed E-state index contributed by atoms with van der Waals surface area (Å²) in [5.41, 5.74) is 1.22. The number of carbonyl (C=O) groups excluding carboxylic acids is 1. The summed E-state index contributed by atoms with van der Waals surface area (Å²) in [5.74, 6) is 0.426. The minimum Gasteiger partial charge on any atom is -0.493 e. The van der Waals surface area contributed by atoms with Gasteiger partial charge in [-0.05, 0) is 66.2 Å². The standard InChI is InChI=1S/C30H31FN2O2S/c1-2-3-19-35-27-18-17-21(23-13-7-8-14-24(23)27)20-28-29(34)33(22-11-5-4-6-12-22)30(36-28)32-26-16-10-9-15-25(26)31/h7-10,13-18,20,22H,2-6,11-12,19H2,1H3/b28-20-,32-30?. The number of thioether (sulfide) groups is 1. The highest BCUT2D eigenvalue weighted by Crippen LogP contribution is 2.40. The molecule has 36 heavy (non-hydrogen) atoms. The molecule has 2 aliphatic rings. The maximum atomic E-state index is 14.4. The number of hydrogen-bond acceptors (Lipinski definition) is 4. The van der Waals surface area contributed by atoms with Crippen molar-refractivity contribution in [3.63, 3.8) is 0 Å². The summed E-state index contributed by atoms with van der Waals surface area (Å²) in [6.07, 6.45) is 9.30. The van der Waals surface area contributed by atoms with Crippen molar-refractivity contribution in [1.29, 1.82) is 0 Å². The van der Waals surface area contributed by atoms with E-state index in [4.69, 9.17) is 4.74 Å². The zero-order chi connectivity index (χ0) is 24.9. The van der Waals surface area contributed by atoms with Gasteiger partial charge in [-0.15, -0.1) is 0 Å². The number of amides is 1. The number of aliphatic imine (C=N–C) groups is 1. The number of unbranched alkanes of at least 4 members (excludes halogenated alkanes) is 1. The first-order valence-electron chi connectivity index (χ1n) is 12.9. The predicted molar refractivity (Wildman–Crippen MR) is 147 cm³/mol. The molecule has 186 valence electrons. The maximum absolute atomic E-state index is 14.4. The molecule has 1 saturated carbocycles. The molecule has 1 aliphatic heterocycles. The number of para-hydroxylation sites is 1. The summed E-state index contributed by atoms with van der Waals surface area (Å²) in [6, 6.07) is 18.7. The molecule has 1 saturated heterocycles. The van der Waals surface area contributed by atoms with Crippen LogP contribution in [0.25, 0.3) is 16.8 Å². The minimum atomic E-state index is -0.385. The van der Waals surface area contributed by atoms with Gasteiger partial charge >= 0.3 is 0 Å². The Balaban J connectivity index is 1.53. The number of fused-ring (bicyclic) bond motifs is 1. The van der Waals surface area contributed by atoms with Gasteiger partial charge in [0.15, 0.2) is 5.17 Å². The molecular weight excluding hydrogens is 471 g/mol. The van der Waals surface area contributed by atoms with Crippen LogP contribution >= 0.6 is 11.8 Å². The Hall–Kier alpha value is -3.12. The fourth-order valence-corrected chi connectivity index (χ4v) is 5.93. The average Bonchev–Trinajstić information content (AvgIpc) is 3.21. The minimum absolute atomic E-state index is 0.0469. The summed E-state index contributed by atoms with van der Waals surface area (Å²) in [7, 11) is 0. The Morgan fingerprint density at radius 2 is 1.78 bits per heavy atom. The topological polar surface area (TPSA) is 41.9 Å². The summed E-state index contributed by atoms with van der Waals surface area (Å²) in [4.78, 5) is 20.8. The van der Waals surface area contributed by atoms with E-state index in [0.717, 1.165) is 60.6 Å². The first-order chi connectivity index (χ1) is 17.7. The second kappa shape index (κ2) is 11.3. The molecular formula is C30H31FN2O2S. The molecule has 0 aromatic heterocycles. The molecule has 1 amide bonds. The van der Waals surface area contributed by atoms with Crippen molar-refractivity contribution in [3.05, 3.63) is 76.9 Å². The van der Waals surface area contributed by atoms with Crippen LogP contribution in [0.4, 0.5) is 10.1 Å². The second-order valence-corrected chi connectivity index (χ2v) is 10.3. The van der Waals surface area contributed by atoms with Crippen molar-refractivity contribution in [2.45, 2.75) is 57.9 Å². The number of ether oxygens (including phenoxy) is 1. The Kier molecular flexibility index (Phi) is 7.71. The van der Waals surface area contributed by atoms with E-state index in [1.807, 2.05) is 35.2 Å². The van der Waals surface area contributed by atoms with E-state index in [9.17, 15) is 9.18 Å². The van der Waals surface area contributed by atoms with Crippen LogP contribution in [0.3, 0.4) is 0 Å². The largest absolute Gasteiger partial charge is 0.493 e. The number of nitrogens with zero attached hydrogens (tertiary/aromatic N) is 2. The van der Waals surface area contributed by atoms with E-state index in [1.165, 1.54) is 24.2 Å². The van der Waals surface area contributed by atoms with Crippen molar-refractivity contribution in [1.82, 2.24) is 4.90 Å². The lowest BCUT2D eigenvalue weighted by atomic mass is 9.94. The van der Waals surface area contributed by atoms with Gasteiger partial charge in [0, 0.05) is 11.4 Å². The number of benzene rings is 3. The number of carbonyl (C=O) groups is 1. The van der Waals surface area contributed by atoms with Crippen LogP contribution in [0.1, 0.15) is 57.4 Å². The number of halogens is 1. The van der Waals surface area contributed by atoms with Crippen molar-refractivity contribution in [2.75, 3.05) is 6.61 Å². The van der Waals surface area contributed by atoms with Gasteiger partial charge in [-0.3, -0.25) is 9.69 Å². The lowest BCUT2D eigenvalue weighted by Crippen LogP contribution is -2.40. The van der Waals surface area contributed by atoms with Crippen LogP contribution in [0.5, 0.6) is 5.75 Å². The van der Waals surface area contributed by atoms with Gasteiger partial charge in [0.25, 0.3) is 5.91 Å². The summed E-state index contributed by atoms with van der Waals surface area (Å²) < 4.78 is 20.5. The van der Waals surface area contributed by atoms with Crippen LogP contribution in [-0.4, -0.2) is 28.6 Å². The Labute approximate surface area is 216 Å². The molecule has 1 heterocycles. The highest BCUT2D eigenvalue weighted by molar-refractivity contribution is 8.18. The molecule has 1 aliphatic carbocycles. The van der Waals surface area contributed by atoms with Crippen LogP contribution in [0.2, 0.25) is 0 Å². The summed E-state index contributed by atoms with van der Waals surface area (Å²) >= 11 is 1.34. The second-order valence-electron chi connectivity index (χ2n) is 9.32. The van der Waals surface area contributed by atoms with Crippen LogP contribution < -0.4 is 4.74 Å². The zero-order valence-electron chi connectivity index (χ0n) is 20.6. The van der Waals surface area contributed by atoms with E-state index in [2.05, 4.69) is 24.0 Å². The average molecular weight is 503 g/mol. The maximum Gasteiger partial charge on any atom is 0.267 e. The summed E-state index contributed by atoms with van der Waals surface area (Å²) in [6.45, 7) is 2.83. The monoisotopic (exact) mass is 502 g/mol. The van der Waals surface area contributed by atoms with Gasteiger partial charge in [-0.25, -0.2) is 9.38 Å². The molecule has 0 spiro atoms. The number of hydrogen-bond donors (Lipinski definition) is 0. The van der Waals surface area contributed by atoms with Gasteiger partial charge < -0.3 is 4.74 Å². The molecule has 3 aromatic rings. The lowest BCUT2D eigenvalue weighted by Gasteiger charge is -2.30. The van der Waals surface area contributed by atoms with Gasteiger partial charge in [0.1, 0.15) is 17.3 Å². The molecule has 0 N–H and O–H groups in total. The Bertz CT molecular complexity index is 1310. The molecule has 0 radical (unpaired) electrons. The third-order valence-electron chi connectivity index (χ3n) is 6.81.